The van der Waals surface area contributed by atoms with E-state index < -0.39 is 65.3 Å². The van der Waals surface area contributed by atoms with Crippen molar-refractivity contribution in [1.29, 1.82) is 1.28 Å². The van der Waals surface area contributed by atoms with Gasteiger partial charge in [0.15, 0.2) is 22.9 Å². The summed E-state index contributed by atoms with van der Waals surface area (Å²) >= 11 is 33.4. The summed E-state index contributed by atoms with van der Waals surface area (Å²) in [5, 5.41) is 91.9. The molecule has 25 atom stereocenters. The topological polar surface area (TPSA) is 527 Å². The first-order chi connectivity index (χ1) is 62.0. The molecule has 691 valence electrons. The van der Waals surface area contributed by atoms with E-state index in [1.54, 1.807) is 52.5 Å². The van der Waals surface area contributed by atoms with Crippen LogP contribution in [0.25, 0.3) is 0 Å². The number of alkyl carbamates (subject to hydrolysis) is 1. The zero-order chi connectivity index (χ0) is 93.7. The Kier molecular flexibility index (Phi) is 26.4. The van der Waals surface area contributed by atoms with Crippen LogP contribution in [0.1, 0.15) is 172 Å². The van der Waals surface area contributed by atoms with Crippen LogP contribution < -0.4 is 69.1 Å². The Morgan fingerprint density at radius 3 is 1.33 bits per heavy atom. The molecule has 23 rings (SSSR count). The number of halogens is 4. The molecular weight excluding hydrogens is 1910 g/mol. The number of aliphatic hydroxyl groups excluding tert-OH is 1. The van der Waals surface area contributed by atoms with Crippen LogP contribution in [-0.4, -0.2) is 300 Å². The molecule has 17 aliphatic rings. The number of carbonyl (C=O) groups is 12. The van der Waals surface area contributed by atoms with E-state index in [1.165, 1.54) is 25.7 Å². The third kappa shape index (κ3) is 15.6. The van der Waals surface area contributed by atoms with E-state index in [0.29, 0.717) is 112 Å². The summed E-state index contributed by atoms with van der Waals surface area (Å²) in [5.41, 5.74) is -1.85. The molecule has 1 radical (unpaired) electrons. The van der Waals surface area contributed by atoms with Gasteiger partial charge in [-0.1, -0.05) is 41.5 Å². The summed E-state index contributed by atoms with van der Waals surface area (Å²) in [7, 11) is 5.59. The summed E-state index contributed by atoms with van der Waals surface area (Å²) in [6.07, 6.45) is 7.06. The summed E-state index contributed by atoms with van der Waals surface area (Å²) in [4.78, 5) is 149. The molecule has 18 N–H and O–H groups in total. The third-order valence-electron chi connectivity index (χ3n) is 27.2. The van der Waals surface area contributed by atoms with E-state index >= 15 is 0 Å². The fourth-order valence-electron chi connectivity index (χ4n) is 22.1. The van der Waals surface area contributed by atoms with Crippen LogP contribution in [0.3, 0.4) is 0 Å². The Bertz CT molecular complexity index is 5490. The van der Waals surface area contributed by atoms with Crippen LogP contribution in [0.2, 0.25) is 15.3 Å². The fraction of sp³-hybridized carbons (Fsp3) is 0.532. The minimum atomic E-state index is -1.35. The number of hydrogen-bond donors (Lipinski definition) is 19. The Hall–Kier alpha value is -9.43. The maximum atomic E-state index is 12.3. The van der Waals surface area contributed by atoms with Gasteiger partial charge in [-0.05, 0) is 124 Å². The quantitative estimate of drug-likeness (QED) is 0.0639. The first kappa shape index (κ1) is 92.8. The van der Waals surface area contributed by atoms with Crippen molar-refractivity contribution in [3.05, 3.63) is 139 Å². The summed E-state index contributed by atoms with van der Waals surface area (Å²) in [5.74, 6) is -1.16. The van der Waals surface area contributed by atoms with Gasteiger partial charge in [0, 0.05) is 115 Å². The second-order valence-corrected chi connectivity index (χ2v) is 37.0. The molecule has 129 heavy (non-hydrogen) atoms. The number of urea groups is 5. The maximum absolute atomic E-state index is 12.3. The third-order valence-corrected chi connectivity index (χ3v) is 28.9. The standard InChI is InChI=1S/C13H15BrN4O3.C13H14Cl2N4O3.C13H15ClN4O3.C13H16N4O3.C13H18N4O3.C11H11N3O3.CH5P.BHNS.S3/c1-2-17-12(20)16-10-9-7(5-13(10,17)21)18-6(11(19)15-9)3-4-8(18)14;1-2-18-12(21)17-9-8-7(4-13(9,18)22)19-6(11(20)16-8)3-5(14)10(19)15;1-2-17-12(20)16-10-9-7(5-13(10,17)21)18-6(11(19)15-9)3-4-8(18)14;1-2-17-12(19)15-10-9-8(6-13(10,17)20)16-5-3-4-7(16)11(18)14-9;1-2-14-13(20)16-11-9(18)6-8-10(11)15-12(19)7-4-3-5-17(7)8;15-10-5-2-1-3-14(5)6-4-7-9(8(6)12-10)13-11(16)17-7;1-2;1-2-3;1-3-2/h3-4,7,9-10,21H,2,5H2,1H3,(H,15,19)(H,16,20);3,7-9,22H,2,4H2,1H3,(H,16,20)(H,17,21);3-4,7,9-10,21H,2,5H2,1H3,(H,15,19)(H,16,20);3-5,8-10,20H,2,6H2,1H3,(H,14,18)(H,15,19);3-5,8-11,18H,2,6H2,1H3,(H,15,19)(H2,14,16,20);1-3,6-9H,4H2,(H,12,15)(H,13,16);2H2,1H3;3H;/t7-,9-,10+,13+;7-,8-,9+,13+;7-,9-,10+,13+;8-,9-,10+,13+;8-,9-,10-,11-;6-,7-,8-,9-;;;/m111111.../s1/i;;;;;;2D;;. The summed E-state index contributed by atoms with van der Waals surface area (Å²) in [6, 6.07) is 12.9. The van der Waals surface area contributed by atoms with Gasteiger partial charge in [0.05, 0.1) is 102 Å². The molecule has 0 aromatic carbocycles. The van der Waals surface area contributed by atoms with E-state index in [9.17, 15) is 83.1 Å². The fourth-order valence-corrected chi connectivity index (χ4v) is 23.5. The molecule has 17 amide bonds. The first-order valence-electron chi connectivity index (χ1n) is 42.1. The first-order valence-corrected chi connectivity index (χ1v) is 47.6. The number of rotatable bonds is 6. The van der Waals surface area contributed by atoms with Gasteiger partial charge in [0.1, 0.15) is 74.7 Å². The van der Waals surface area contributed by atoms with Crippen molar-refractivity contribution in [1.82, 2.24) is 116 Å². The molecule has 0 spiro atoms. The van der Waals surface area contributed by atoms with E-state index in [2.05, 4.69) is 132 Å². The summed E-state index contributed by atoms with van der Waals surface area (Å²) in [6.45, 7) is 13.1. The molecule has 6 saturated carbocycles. The van der Waals surface area contributed by atoms with Crippen LogP contribution >= 0.6 is 72.7 Å². The number of aliphatic hydroxyl groups is 5. The van der Waals surface area contributed by atoms with Crippen LogP contribution in [0.4, 0.5) is 28.8 Å². The van der Waals surface area contributed by atoms with Gasteiger partial charge in [-0.2, -0.15) is 0 Å². The van der Waals surface area contributed by atoms with Crippen molar-refractivity contribution in [2.75, 3.05) is 39.4 Å². The van der Waals surface area contributed by atoms with Crippen LogP contribution in [0, 0.1) is 0 Å². The summed E-state index contributed by atoms with van der Waals surface area (Å²) < 4.78 is 26.0. The number of carbonyl (C=O) groups excluding carboxylic acids is 12. The van der Waals surface area contributed by atoms with Gasteiger partial charge < -0.3 is 127 Å². The molecule has 1 unspecified atom stereocenters. The van der Waals surface area contributed by atoms with Crippen molar-refractivity contribution in [3.63, 3.8) is 0 Å². The van der Waals surface area contributed by atoms with Crippen molar-refractivity contribution >= 4 is 183 Å². The van der Waals surface area contributed by atoms with Crippen LogP contribution in [0.15, 0.2) is 94.2 Å². The van der Waals surface area contributed by atoms with Gasteiger partial charge in [0.25, 0.3) is 35.4 Å². The van der Waals surface area contributed by atoms with Gasteiger partial charge in [-0.25, -0.2) is 28.8 Å². The number of ether oxygens (including phenoxy) is 1. The predicted molar refractivity (Wildman–Crippen MR) is 481 cm³/mol. The molecular formula is C77H95BBrCl3N24O18PS4. The SMILES string of the molecule is CCN1C(=O)N[C@H]2[C@@H]3NC(=O)c4cc(Cl)c(Cl)n4[C@@H]3C[C@]21O.CCN1C(=O)N[C@H]2[C@@H]3NC(=O)c4ccc(Br)n4[C@@H]3C[C@]21O.CCN1C(=O)N[C@H]2[C@@H]3NC(=O)c4ccc(Cl)n4[C@@H]3C[C@]21O.CCN1C(=O)N[C@H]2[C@@H]3NC(=O)c4cccn4[C@@H]3C[C@]21O.CCNC(=O)N[C@H]1[C@@H]2NC(=O)c3cccn3[C@@H]2C[C@H]1O.O=C1N[C@H]2[C@@H]3NC(=O)c4cccn4[C@@H]3C[C@H]2O1.S=S=S.[2H]PC.[B]=NS. The Balaban J connectivity index is 0.000000117. The van der Waals surface area contributed by atoms with Gasteiger partial charge in [-0.3, -0.25) is 48.4 Å². The van der Waals surface area contributed by atoms with Crippen molar-refractivity contribution in [2.45, 2.75) is 217 Å². The normalized spacial score (nSPS) is 34.3. The number of hydrogen-bond acceptors (Lipinski definition) is 22. The molecule has 17 heterocycles. The van der Waals surface area contributed by atoms with Crippen LogP contribution in [-0.2, 0) is 36.0 Å². The van der Waals surface area contributed by atoms with Crippen molar-refractivity contribution < 1.29 is 87.8 Å². The number of nitrogens with zero attached hydrogens (tertiary/aromatic N) is 11. The van der Waals surface area contributed by atoms with Gasteiger partial charge in [-0.15, -0.1) is 9.18 Å². The predicted octanol–water partition coefficient (Wildman–Crippen LogP) is 1.59. The van der Waals surface area contributed by atoms with Gasteiger partial charge >= 0.3 is 61.0 Å². The van der Waals surface area contributed by atoms with E-state index in [0.717, 1.165) is 19.9 Å². The number of nitrogens with one attached hydrogen (secondary N) is 13. The number of aromatic nitrogens is 6. The van der Waals surface area contributed by atoms with Crippen molar-refractivity contribution in [2.24, 2.45) is 4.30 Å². The zero-order valence-corrected chi connectivity index (χ0v) is 77.8. The molecule has 11 fully saturated rings. The average Bonchev–Trinajstić information content (AvgIpc) is 1.55. The number of amides is 17. The molecule has 6 aromatic rings. The number of thiol groups is 1. The van der Waals surface area contributed by atoms with E-state index in [4.69, 9.17) is 40.8 Å². The number of fused-ring (bicyclic) bond motifs is 28. The van der Waals surface area contributed by atoms with Gasteiger partial charge in [0.2, 0.25) is 0 Å². The Labute approximate surface area is 783 Å². The molecule has 5 saturated heterocycles. The average molecular weight is 2000 g/mol. The molecule has 6 aromatic heterocycles. The number of likely N-dealkylation sites (N-methyl/N-ethyl adjacent to an activating group) is 4. The zero-order valence-electron chi connectivity index (χ0n) is 70.6. The second kappa shape index (κ2) is 36.6. The van der Waals surface area contributed by atoms with E-state index in [-0.39, 0.29) is 162 Å². The minimum absolute atomic E-state index is 0.0281. The molecule has 0 bridgehead atoms. The monoisotopic (exact) mass is 2000 g/mol. The Morgan fingerprint density at radius 2 is 0.891 bits per heavy atom. The molecule has 11 aliphatic heterocycles. The van der Waals surface area contributed by atoms with Crippen LogP contribution in [0.5, 0.6) is 0 Å². The van der Waals surface area contributed by atoms with Crippen molar-refractivity contribution in [3.8, 4) is 0 Å². The second-order valence-electron chi connectivity index (χ2n) is 33.0. The Morgan fingerprint density at radius 1 is 0.535 bits per heavy atom. The van der Waals surface area contributed by atoms with E-state index in [1.807, 2.05) is 95.5 Å². The molecule has 52 heteroatoms. The molecule has 6 aliphatic carbocycles. The molecule has 42 nitrogen and oxygen atoms in total.